The van der Waals surface area contributed by atoms with Crippen molar-refractivity contribution < 1.29 is 4.39 Å². The number of hydrogen-bond acceptors (Lipinski definition) is 0. The van der Waals surface area contributed by atoms with Crippen molar-refractivity contribution in [1.29, 1.82) is 0 Å². The highest BCUT2D eigenvalue weighted by atomic mass is 35.5. The van der Waals surface area contributed by atoms with Crippen LogP contribution in [-0.2, 0) is 0 Å². The Morgan fingerprint density at radius 1 is 1.00 bits per heavy atom. The Labute approximate surface area is 108 Å². The van der Waals surface area contributed by atoms with Gasteiger partial charge in [0.15, 0.2) is 0 Å². The van der Waals surface area contributed by atoms with E-state index in [1.807, 2.05) is 0 Å². The summed E-state index contributed by atoms with van der Waals surface area (Å²) in [6, 6.07) is 10.4. The van der Waals surface area contributed by atoms with Crippen LogP contribution in [0.4, 0.5) is 4.39 Å². The molecule has 0 fully saturated rings. The minimum Gasteiger partial charge on any atom is -0.206 e. The largest absolute Gasteiger partial charge is 0.206 e. The topological polar surface area (TPSA) is 0 Å². The molecule has 2 aromatic carbocycles. The lowest BCUT2D eigenvalue weighted by Gasteiger charge is -2.07. The van der Waals surface area contributed by atoms with Gasteiger partial charge in [0, 0.05) is 17.2 Å². The van der Waals surface area contributed by atoms with E-state index in [9.17, 15) is 4.39 Å². The number of halogens is 4. The SMILES string of the molecule is Fc1cccc(Cl)c1-c1ccc(Cl)[c]c1Cl. The third kappa shape index (κ3) is 2.17. The molecule has 0 amide bonds. The Morgan fingerprint density at radius 3 is 2.38 bits per heavy atom. The van der Waals surface area contributed by atoms with E-state index in [0.717, 1.165) is 0 Å². The highest BCUT2D eigenvalue weighted by Gasteiger charge is 2.12. The molecule has 4 heteroatoms. The van der Waals surface area contributed by atoms with Crippen molar-refractivity contribution in [3.63, 3.8) is 0 Å². The van der Waals surface area contributed by atoms with Crippen LogP contribution in [0, 0.1) is 11.9 Å². The average Bonchev–Trinajstić information content (AvgIpc) is 2.20. The van der Waals surface area contributed by atoms with Gasteiger partial charge in [0.2, 0.25) is 0 Å². The molecule has 0 bridgehead atoms. The van der Waals surface area contributed by atoms with Gasteiger partial charge in [-0.1, -0.05) is 46.9 Å². The number of hydrogen-bond donors (Lipinski definition) is 0. The molecular weight excluding hydrogens is 269 g/mol. The first-order chi connectivity index (χ1) is 7.59. The Balaban J connectivity index is 2.68. The van der Waals surface area contributed by atoms with Crippen LogP contribution in [0.1, 0.15) is 0 Å². The summed E-state index contributed by atoms with van der Waals surface area (Å²) < 4.78 is 13.6. The lowest BCUT2D eigenvalue weighted by Crippen LogP contribution is -1.87. The van der Waals surface area contributed by atoms with Crippen LogP contribution in [0.25, 0.3) is 11.1 Å². The second-order valence-corrected chi connectivity index (χ2v) is 4.32. The molecule has 1 radical (unpaired) electrons. The van der Waals surface area contributed by atoms with Crippen LogP contribution in [0.5, 0.6) is 0 Å². The summed E-state index contributed by atoms with van der Waals surface area (Å²) in [6.07, 6.45) is 0. The quantitative estimate of drug-likeness (QED) is 0.666. The summed E-state index contributed by atoms with van der Waals surface area (Å²) >= 11 is 17.6. The van der Waals surface area contributed by atoms with E-state index in [-0.39, 0.29) is 10.6 Å². The van der Waals surface area contributed by atoms with E-state index < -0.39 is 5.82 Å². The van der Waals surface area contributed by atoms with Crippen molar-refractivity contribution in [2.45, 2.75) is 0 Å². The fourth-order valence-corrected chi connectivity index (χ4v) is 2.12. The Bertz CT molecular complexity index is 518. The third-order valence-corrected chi connectivity index (χ3v) is 2.93. The second-order valence-electron chi connectivity index (χ2n) is 3.13. The second kappa shape index (κ2) is 4.62. The van der Waals surface area contributed by atoms with Gasteiger partial charge in [-0.2, -0.15) is 0 Å². The van der Waals surface area contributed by atoms with E-state index in [0.29, 0.717) is 15.6 Å². The average molecular weight is 275 g/mol. The highest BCUT2D eigenvalue weighted by Crippen LogP contribution is 2.35. The van der Waals surface area contributed by atoms with Gasteiger partial charge in [-0.3, -0.25) is 0 Å². The molecule has 0 aromatic heterocycles. The van der Waals surface area contributed by atoms with E-state index in [1.165, 1.54) is 12.1 Å². The molecule has 0 N–H and O–H groups in total. The number of benzene rings is 2. The van der Waals surface area contributed by atoms with E-state index >= 15 is 0 Å². The van der Waals surface area contributed by atoms with Crippen molar-refractivity contribution in [2.75, 3.05) is 0 Å². The molecule has 0 spiro atoms. The summed E-state index contributed by atoms with van der Waals surface area (Å²) in [5.74, 6) is -0.426. The molecular formula is C12H5Cl3F. The smallest absolute Gasteiger partial charge is 0.132 e. The Kier molecular flexibility index (Phi) is 3.38. The van der Waals surface area contributed by atoms with Gasteiger partial charge in [0.05, 0.1) is 15.1 Å². The summed E-state index contributed by atoms with van der Waals surface area (Å²) in [6.45, 7) is 0. The van der Waals surface area contributed by atoms with Crippen LogP contribution < -0.4 is 0 Å². The predicted octanol–water partition coefficient (Wildman–Crippen LogP) is 5.25. The van der Waals surface area contributed by atoms with E-state index in [4.69, 9.17) is 34.8 Å². The molecule has 2 rings (SSSR count). The van der Waals surface area contributed by atoms with Crippen molar-refractivity contribution >= 4 is 34.8 Å². The van der Waals surface area contributed by atoms with Crippen molar-refractivity contribution in [2.24, 2.45) is 0 Å². The van der Waals surface area contributed by atoms with Gasteiger partial charge in [-0.05, 0) is 18.2 Å². The molecule has 0 aliphatic rings. The van der Waals surface area contributed by atoms with Crippen LogP contribution in [0.2, 0.25) is 15.1 Å². The standard InChI is InChI=1S/C12H5Cl3F/c13-7-4-5-8(10(15)6-7)12-9(14)2-1-3-11(12)16/h1-5H. The fourth-order valence-electron chi connectivity index (χ4n) is 1.39. The molecule has 0 aliphatic heterocycles. The molecule has 0 atom stereocenters. The first-order valence-electron chi connectivity index (χ1n) is 4.41. The van der Waals surface area contributed by atoms with Gasteiger partial charge in [0.25, 0.3) is 0 Å². The first kappa shape index (κ1) is 11.7. The highest BCUT2D eigenvalue weighted by molar-refractivity contribution is 6.38. The van der Waals surface area contributed by atoms with Crippen LogP contribution >= 0.6 is 34.8 Å². The van der Waals surface area contributed by atoms with Gasteiger partial charge in [0.1, 0.15) is 5.82 Å². The minimum absolute atomic E-state index is 0.250. The summed E-state index contributed by atoms with van der Waals surface area (Å²) in [4.78, 5) is 0. The Hall–Kier alpha value is -0.760. The lowest BCUT2D eigenvalue weighted by molar-refractivity contribution is 0.631. The molecule has 0 heterocycles. The maximum atomic E-state index is 13.6. The normalized spacial score (nSPS) is 10.5. The lowest BCUT2D eigenvalue weighted by atomic mass is 10.1. The monoisotopic (exact) mass is 273 g/mol. The van der Waals surface area contributed by atoms with Gasteiger partial charge >= 0.3 is 0 Å². The van der Waals surface area contributed by atoms with E-state index in [2.05, 4.69) is 6.07 Å². The van der Waals surface area contributed by atoms with Gasteiger partial charge in [-0.15, -0.1) is 0 Å². The molecule has 0 aliphatic carbocycles. The van der Waals surface area contributed by atoms with Gasteiger partial charge in [-0.25, -0.2) is 4.39 Å². The Morgan fingerprint density at radius 2 is 1.75 bits per heavy atom. The fraction of sp³-hybridized carbons (Fsp3) is 0. The molecule has 0 saturated heterocycles. The summed E-state index contributed by atoms with van der Waals surface area (Å²) in [5, 5.41) is 0.929. The zero-order valence-corrected chi connectivity index (χ0v) is 10.2. The van der Waals surface area contributed by atoms with Gasteiger partial charge < -0.3 is 0 Å². The minimum atomic E-state index is -0.426. The third-order valence-electron chi connectivity index (χ3n) is 2.09. The zero-order chi connectivity index (χ0) is 11.7. The van der Waals surface area contributed by atoms with Crippen molar-refractivity contribution in [3.05, 3.63) is 57.3 Å². The molecule has 81 valence electrons. The number of rotatable bonds is 1. The summed E-state index contributed by atoms with van der Waals surface area (Å²) in [7, 11) is 0. The van der Waals surface area contributed by atoms with Crippen molar-refractivity contribution in [1.82, 2.24) is 0 Å². The molecule has 0 nitrogen and oxygen atoms in total. The molecule has 16 heavy (non-hydrogen) atoms. The van der Waals surface area contributed by atoms with Crippen LogP contribution in [-0.4, -0.2) is 0 Å². The zero-order valence-electron chi connectivity index (χ0n) is 7.90. The summed E-state index contributed by atoms with van der Waals surface area (Å²) in [5.41, 5.74) is 0.747. The van der Waals surface area contributed by atoms with Crippen LogP contribution in [0.3, 0.4) is 0 Å². The predicted molar refractivity (Wildman–Crippen MR) is 65.7 cm³/mol. The van der Waals surface area contributed by atoms with E-state index in [1.54, 1.807) is 18.2 Å². The molecule has 0 unspecified atom stereocenters. The maximum Gasteiger partial charge on any atom is 0.132 e. The molecule has 2 aromatic rings. The first-order valence-corrected chi connectivity index (χ1v) is 5.54. The van der Waals surface area contributed by atoms with Crippen LogP contribution in [0.15, 0.2) is 30.3 Å². The molecule has 0 saturated carbocycles. The van der Waals surface area contributed by atoms with Crippen molar-refractivity contribution in [3.8, 4) is 11.1 Å². The maximum absolute atomic E-state index is 13.6.